The highest BCUT2D eigenvalue weighted by molar-refractivity contribution is 9.10. The van der Waals surface area contributed by atoms with Crippen LogP contribution in [0, 0.1) is 0 Å². The van der Waals surface area contributed by atoms with Crippen LogP contribution in [0.4, 0.5) is 0 Å². The van der Waals surface area contributed by atoms with Crippen molar-refractivity contribution in [3.8, 4) is 0 Å². The number of hydrogen-bond donors (Lipinski definition) is 1. The van der Waals surface area contributed by atoms with Gasteiger partial charge in [-0.15, -0.1) is 11.8 Å². The number of carbonyl (C=O) groups is 1. The zero-order valence-electron chi connectivity index (χ0n) is 9.61. The van der Waals surface area contributed by atoms with Gasteiger partial charge in [-0.2, -0.15) is 0 Å². The van der Waals surface area contributed by atoms with Gasteiger partial charge >= 0.3 is 5.97 Å². The van der Waals surface area contributed by atoms with E-state index < -0.39 is 5.97 Å². The first-order valence-electron chi connectivity index (χ1n) is 5.38. The Bertz CT molecular complexity index is 382. The lowest BCUT2D eigenvalue weighted by Crippen LogP contribution is -2.01. The quantitative estimate of drug-likeness (QED) is 0.615. The van der Waals surface area contributed by atoms with Crippen LogP contribution in [0.25, 0.3) is 0 Å². The average molecular weight is 319 g/mol. The summed E-state index contributed by atoms with van der Waals surface area (Å²) in [4.78, 5) is 11.8. The second-order valence-corrected chi connectivity index (χ2v) is 5.46. The predicted molar refractivity (Wildman–Crippen MR) is 72.9 cm³/mol. The van der Waals surface area contributed by atoms with Crippen LogP contribution in [-0.4, -0.2) is 30.0 Å². The molecule has 0 aliphatic rings. The highest BCUT2D eigenvalue weighted by Crippen LogP contribution is 2.26. The van der Waals surface area contributed by atoms with Crippen molar-refractivity contribution in [3.63, 3.8) is 0 Å². The van der Waals surface area contributed by atoms with Gasteiger partial charge in [-0.25, -0.2) is 4.79 Å². The third-order valence-corrected chi connectivity index (χ3v) is 3.52. The van der Waals surface area contributed by atoms with Crippen molar-refractivity contribution in [2.24, 2.45) is 0 Å². The minimum Gasteiger partial charge on any atom is -0.478 e. The monoisotopic (exact) mass is 318 g/mol. The molecule has 94 valence electrons. The standard InChI is InChI=1S/C12H15BrO3S/c1-2-5-16-6-7-17-11-8-9(13)3-4-10(11)12(14)15/h3-4,8H,2,5-7H2,1H3,(H,14,15). The van der Waals surface area contributed by atoms with E-state index in [2.05, 4.69) is 22.9 Å². The molecule has 0 fully saturated rings. The highest BCUT2D eigenvalue weighted by atomic mass is 79.9. The minimum absolute atomic E-state index is 0.341. The van der Waals surface area contributed by atoms with E-state index in [-0.39, 0.29) is 0 Å². The van der Waals surface area contributed by atoms with Crippen molar-refractivity contribution in [3.05, 3.63) is 28.2 Å². The number of thioether (sulfide) groups is 1. The first kappa shape index (κ1) is 14.5. The molecule has 17 heavy (non-hydrogen) atoms. The topological polar surface area (TPSA) is 46.5 Å². The van der Waals surface area contributed by atoms with E-state index in [9.17, 15) is 4.79 Å². The molecule has 1 aromatic carbocycles. The molecule has 0 amide bonds. The number of carboxylic acids is 1. The molecule has 0 aromatic heterocycles. The first-order chi connectivity index (χ1) is 8.15. The van der Waals surface area contributed by atoms with E-state index >= 15 is 0 Å². The second kappa shape index (κ2) is 7.74. The number of halogens is 1. The molecule has 0 aliphatic carbocycles. The average Bonchev–Trinajstić information content (AvgIpc) is 2.28. The normalized spacial score (nSPS) is 10.5. The van der Waals surface area contributed by atoms with Gasteiger partial charge in [0.15, 0.2) is 0 Å². The van der Waals surface area contributed by atoms with Gasteiger partial charge in [0.25, 0.3) is 0 Å². The Kier molecular flexibility index (Phi) is 6.62. The molecule has 1 N–H and O–H groups in total. The Hall–Kier alpha value is -0.520. The lowest BCUT2D eigenvalue weighted by molar-refractivity contribution is 0.0693. The molecule has 1 aromatic rings. The molecule has 1 rings (SSSR count). The van der Waals surface area contributed by atoms with Crippen LogP contribution in [0.5, 0.6) is 0 Å². The van der Waals surface area contributed by atoms with Crippen LogP contribution < -0.4 is 0 Å². The van der Waals surface area contributed by atoms with Crippen LogP contribution in [0.1, 0.15) is 23.7 Å². The fourth-order valence-corrected chi connectivity index (χ4v) is 2.70. The number of carboxylic acid groups (broad SMARTS) is 1. The van der Waals surface area contributed by atoms with Gasteiger partial charge in [0, 0.05) is 21.7 Å². The smallest absolute Gasteiger partial charge is 0.336 e. The molecule has 0 saturated heterocycles. The molecule has 0 heterocycles. The molecule has 5 heteroatoms. The van der Waals surface area contributed by atoms with Gasteiger partial charge in [-0.05, 0) is 24.6 Å². The predicted octanol–water partition coefficient (Wildman–Crippen LogP) is 3.67. The third-order valence-electron chi connectivity index (χ3n) is 2.01. The molecule has 0 aliphatic heterocycles. The number of benzene rings is 1. The summed E-state index contributed by atoms with van der Waals surface area (Å²) < 4.78 is 6.24. The van der Waals surface area contributed by atoms with Crippen molar-refractivity contribution >= 4 is 33.7 Å². The highest BCUT2D eigenvalue weighted by Gasteiger charge is 2.10. The number of aromatic carboxylic acids is 1. The molecule has 0 atom stereocenters. The summed E-state index contributed by atoms with van der Waals surface area (Å²) in [6.07, 6.45) is 1.00. The molecule has 0 bridgehead atoms. The van der Waals surface area contributed by atoms with E-state index in [1.54, 1.807) is 12.1 Å². The van der Waals surface area contributed by atoms with Gasteiger partial charge in [0.2, 0.25) is 0 Å². The van der Waals surface area contributed by atoms with E-state index in [4.69, 9.17) is 9.84 Å². The molecule has 0 saturated carbocycles. The summed E-state index contributed by atoms with van der Waals surface area (Å²) in [5, 5.41) is 9.04. The Morgan fingerprint density at radius 3 is 2.88 bits per heavy atom. The van der Waals surface area contributed by atoms with E-state index in [0.717, 1.165) is 28.1 Å². The first-order valence-corrected chi connectivity index (χ1v) is 7.16. The minimum atomic E-state index is -0.894. The van der Waals surface area contributed by atoms with Crippen LogP contribution in [0.2, 0.25) is 0 Å². The molecule has 3 nitrogen and oxygen atoms in total. The molecular formula is C12H15BrO3S. The number of ether oxygens (including phenoxy) is 1. The van der Waals surface area contributed by atoms with Gasteiger partial charge in [0.1, 0.15) is 0 Å². The van der Waals surface area contributed by atoms with Crippen molar-refractivity contribution in [2.75, 3.05) is 19.0 Å². The maximum Gasteiger partial charge on any atom is 0.336 e. The fourth-order valence-electron chi connectivity index (χ4n) is 1.25. The molecule has 0 spiro atoms. The Morgan fingerprint density at radius 2 is 2.24 bits per heavy atom. The van der Waals surface area contributed by atoms with E-state index in [1.807, 2.05) is 6.07 Å². The number of rotatable bonds is 7. The Labute approximate surface area is 114 Å². The van der Waals surface area contributed by atoms with Crippen LogP contribution in [0.3, 0.4) is 0 Å². The maximum atomic E-state index is 11.0. The van der Waals surface area contributed by atoms with Crippen molar-refractivity contribution < 1.29 is 14.6 Å². The van der Waals surface area contributed by atoms with Gasteiger partial charge in [0.05, 0.1) is 12.2 Å². The SMILES string of the molecule is CCCOCCSc1cc(Br)ccc1C(=O)O. The van der Waals surface area contributed by atoms with Crippen LogP contribution in [-0.2, 0) is 4.74 Å². The summed E-state index contributed by atoms with van der Waals surface area (Å²) in [7, 11) is 0. The maximum absolute atomic E-state index is 11.0. The summed E-state index contributed by atoms with van der Waals surface area (Å²) in [5.41, 5.74) is 0.341. The lowest BCUT2D eigenvalue weighted by Gasteiger charge is -2.06. The summed E-state index contributed by atoms with van der Waals surface area (Å²) in [6, 6.07) is 5.18. The molecular weight excluding hydrogens is 304 g/mol. The lowest BCUT2D eigenvalue weighted by atomic mass is 10.2. The summed E-state index contributed by atoms with van der Waals surface area (Å²) >= 11 is 4.85. The van der Waals surface area contributed by atoms with E-state index in [1.165, 1.54) is 11.8 Å². The largest absolute Gasteiger partial charge is 0.478 e. The summed E-state index contributed by atoms with van der Waals surface area (Å²) in [6.45, 7) is 3.46. The zero-order chi connectivity index (χ0) is 12.7. The van der Waals surface area contributed by atoms with Crippen LogP contribution in [0.15, 0.2) is 27.6 Å². The van der Waals surface area contributed by atoms with E-state index in [0.29, 0.717) is 12.2 Å². The van der Waals surface area contributed by atoms with Gasteiger partial charge in [-0.1, -0.05) is 22.9 Å². The second-order valence-electron chi connectivity index (χ2n) is 3.41. The van der Waals surface area contributed by atoms with Crippen molar-refractivity contribution in [1.29, 1.82) is 0 Å². The summed E-state index contributed by atoms with van der Waals surface area (Å²) in [5.74, 6) is -0.133. The Balaban J connectivity index is 2.56. The van der Waals surface area contributed by atoms with Crippen LogP contribution >= 0.6 is 27.7 Å². The zero-order valence-corrected chi connectivity index (χ0v) is 12.0. The van der Waals surface area contributed by atoms with Crippen molar-refractivity contribution in [2.45, 2.75) is 18.2 Å². The Morgan fingerprint density at radius 1 is 1.47 bits per heavy atom. The number of hydrogen-bond acceptors (Lipinski definition) is 3. The van der Waals surface area contributed by atoms with Gasteiger partial charge < -0.3 is 9.84 Å². The fraction of sp³-hybridized carbons (Fsp3) is 0.417. The van der Waals surface area contributed by atoms with Crippen molar-refractivity contribution in [1.82, 2.24) is 0 Å². The molecule has 0 radical (unpaired) electrons. The van der Waals surface area contributed by atoms with Gasteiger partial charge in [-0.3, -0.25) is 0 Å². The molecule has 0 unspecified atom stereocenters. The third kappa shape index (κ3) is 5.10.